The lowest BCUT2D eigenvalue weighted by Gasteiger charge is -2.08. The van der Waals surface area contributed by atoms with Crippen LogP contribution in [0.25, 0.3) is 0 Å². The normalized spacial score (nSPS) is 10.7. The second kappa shape index (κ2) is 8.32. The molecule has 150 valence electrons. The van der Waals surface area contributed by atoms with Gasteiger partial charge in [0.1, 0.15) is 5.76 Å². The Morgan fingerprint density at radius 1 is 1.21 bits per heavy atom. The summed E-state index contributed by atoms with van der Waals surface area (Å²) in [5, 5.41) is 10.9. The number of ether oxygens (including phenoxy) is 1. The number of hydrogen-bond donors (Lipinski definition) is 0. The number of carbonyl (C=O) groups excluding carboxylic acids is 2. The number of furan rings is 1. The molecule has 0 atom stereocenters. The fourth-order valence-corrected chi connectivity index (χ4v) is 3.15. The minimum atomic E-state index is -0.906. The average Bonchev–Trinajstić information content (AvgIpc) is 3.29. The predicted molar refractivity (Wildman–Crippen MR) is 104 cm³/mol. The van der Waals surface area contributed by atoms with E-state index < -0.39 is 23.3 Å². The van der Waals surface area contributed by atoms with Gasteiger partial charge in [0.2, 0.25) is 5.78 Å². The van der Waals surface area contributed by atoms with Crippen molar-refractivity contribution in [2.24, 2.45) is 0 Å². The third-order valence-electron chi connectivity index (χ3n) is 4.48. The SMILES string of the molecule is Cc1cc(C(=O)COC(=O)c2cc([N+](=O)[O-])ccc2Cl)c(C)n1Cc1ccco1. The van der Waals surface area contributed by atoms with Crippen LogP contribution in [0.5, 0.6) is 0 Å². The van der Waals surface area contributed by atoms with Gasteiger partial charge in [-0.05, 0) is 38.1 Å². The zero-order chi connectivity index (χ0) is 21.1. The molecule has 0 unspecified atom stereocenters. The highest BCUT2D eigenvalue weighted by atomic mass is 35.5. The summed E-state index contributed by atoms with van der Waals surface area (Å²) in [5.41, 5.74) is 1.53. The van der Waals surface area contributed by atoms with Gasteiger partial charge >= 0.3 is 5.97 Å². The van der Waals surface area contributed by atoms with Crippen LogP contribution in [0, 0.1) is 24.0 Å². The van der Waals surface area contributed by atoms with Crippen LogP contribution in [0.3, 0.4) is 0 Å². The topological polar surface area (TPSA) is 105 Å². The minimum Gasteiger partial charge on any atom is -0.467 e. The number of carbonyl (C=O) groups is 2. The maximum absolute atomic E-state index is 12.6. The van der Waals surface area contributed by atoms with Crippen LogP contribution in [0.4, 0.5) is 5.69 Å². The first-order chi connectivity index (χ1) is 13.8. The number of Topliss-reactive ketones (excluding diaryl/α,β-unsaturated/α-hetero) is 1. The smallest absolute Gasteiger partial charge is 0.340 e. The van der Waals surface area contributed by atoms with E-state index in [9.17, 15) is 19.7 Å². The Labute approximate surface area is 170 Å². The number of aryl methyl sites for hydroxylation is 1. The summed E-state index contributed by atoms with van der Waals surface area (Å²) in [6.07, 6.45) is 1.58. The lowest BCUT2D eigenvalue weighted by molar-refractivity contribution is -0.384. The van der Waals surface area contributed by atoms with Gasteiger partial charge in [-0.25, -0.2) is 4.79 Å². The van der Waals surface area contributed by atoms with Crippen molar-refractivity contribution in [3.05, 3.63) is 86.1 Å². The Morgan fingerprint density at radius 3 is 2.62 bits per heavy atom. The molecule has 3 rings (SSSR count). The van der Waals surface area contributed by atoms with E-state index in [1.807, 2.05) is 17.6 Å². The van der Waals surface area contributed by atoms with Crippen molar-refractivity contribution in [3.8, 4) is 0 Å². The fourth-order valence-electron chi connectivity index (χ4n) is 2.95. The van der Waals surface area contributed by atoms with E-state index in [0.717, 1.165) is 17.5 Å². The Bertz CT molecular complexity index is 1080. The lowest BCUT2D eigenvalue weighted by atomic mass is 10.1. The van der Waals surface area contributed by atoms with Crippen LogP contribution in [0.2, 0.25) is 5.02 Å². The molecule has 0 bridgehead atoms. The van der Waals surface area contributed by atoms with Crippen LogP contribution in [-0.2, 0) is 11.3 Å². The Hall–Kier alpha value is -3.39. The molecule has 3 aromatic rings. The summed E-state index contributed by atoms with van der Waals surface area (Å²) in [4.78, 5) is 35.0. The molecule has 1 aromatic carbocycles. The molecular formula is C20H17ClN2O6. The number of hydrogen-bond acceptors (Lipinski definition) is 6. The van der Waals surface area contributed by atoms with E-state index in [-0.39, 0.29) is 16.3 Å². The van der Waals surface area contributed by atoms with E-state index in [0.29, 0.717) is 17.8 Å². The van der Waals surface area contributed by atoms with Crippen molar-refractivity contribution in [1.82, 2.24) is 4.57 Å². The van der Waals surface area contributed by atoms with Gasteiger partial charge in [-0.15, -0.1) is 0 Å². The molecule has 9 heteroatoms. The van der Waals surface area contributed by atoms with Gasteiger partial charge in [-0.3, -0.25) is 14.9 Å². The molecule has 2 heterocycles. The monoisotopic (exact) mass is 416 g/mol. The quantitative estimate of drug-likeness (QED) is 0.245. The second-order valence-corrected chi connectivity index (χ2v) is 6.78. The highest BCUT2D eigenvalue weighted by Gasteiger charge is 2.21. The molecule has 0 radical (unpaired) electrons. The van der Waals surface area contributed by atoms with Crippen molar-refractivity contribution >= 4 is 29.0 Å². The summed E-state index contributed by atoms with van der Waals surface area (Å²) < 4.78 is 12.3. The second-order valence-electron chi connectivity index (χ2n) is 6.37. The highest BCUT2D eigenvalue weighted by Crippen LogP contribution is 2.23. The van der Waals surface area contributed by atoms with Crippen LogP contribution in [0.15, 0.2) is 47.1 Å². The molecule has 0 spiro atoms. The van der Waals surface area contributed by atoms with Crippen molar-refractivity contribution in [2.45, 2.75) is 20.4 Å². The highest BCUT2D eigenvalue weighted by molar-refractivity contribution is 6.33. The number of benzene rings is 1. The van der Waals surface area contributed by atoms with Gasteiger partial charge in [0, 0.05) is 29.1 Å². The molecule has 8 nitrogen and oxygen atoms in total. The summed E-state index contributed by atoms with van der Waals surface area (Å²) >= 11 is 5.92. The largest absolute Gasteiger partial charge is 0.467 e. The summed E-state index contributed by atoms with van der Waals surface area (Å²) in [6, 6.07) is 8.77. The number of nitro benzene ring substituents is 1. The third kappa shape index (κ3) is 4.38. The molecule has 0 fully saturated rings. The molecule has 0 saturated heterocycles. The first-order valence-corrected chi connectivity index (χ1v) is 8.99. The van der Waals surface area contributed by atoms with E-state index in [2.05, 4.69) is 0 Å². The van der Waals surface area contributed by atoms with Gasteiger partial charge in [0.15, 0.2) is 6.61 Å². The van der Waals surface area contributed by atoms with E-state index in [4.69, 9.17) is 20.8 Å². The first-order valence-electron chi connectivity index (χ1n) is 8.61. The molecule has 0 aliphatic carbocycles. The number of non-ortho nitro benzene ring substituents is 1. The Kier molecular flexibility index (Phi) is 5.84. The van der Waals surface area contributed by atoms with Crippen LogP contribution in [0.1, 0.15) is 37.9 Å². The van der Waals surface area contributed by atoms with Crippen LogP contribution < -0.4 is 0 Å². The molecular weight excluding hydrogens is 400 g/mol. The fraction of sp³-hybridized carbons (Fsp3) is 0.200. The first kappa shape index (κ1) is 20.3. The molecule has 2 aromatic heterocycles. The van der Waals surface area contributed by atoms with Crippen molar-refractivity contribution in [1.29, 1.82) is 0 Å². The van der Waals surface area contributed by atoms with Gasteiger partial charge in [0.25, 0.3) is 5.69 Å². The molecule has 0 amide bonds. The number of ketones is 1. The van der Waals surface area contributed by atoms with Crippen LogP contribution >= 0.6 is 11.6 Å². The Morgan fingerprint density at radius 2 is 1.97 bits per heavy atom. The molecule has 0 aliphatic heterocycles. The number of halogens is 1. The van der Waals surface area contributed by atoms with E-state index in [1.165, 1.54) is 12.1 Å². The van der Waals surface area contributed by atoms with Gasteiger partial charge in [0.05, 0.1) is 28.3 Å². The summed E-state index contributed by atoms with van der Waals surface area (Å²) in [7, 11) is 0. The van der Waals surface area contributed by atoms with Gasteiger partial charge in [-0.1, -0.05) is 11.6 Å². The average molecular weight is 417 g/mol. The van der Waals surface area contributed by atoms with E-state index in [1.54, 1.807) is 25.3 Å². The molecule has 29 heavy (non-hydrogen) atoms. The number of rotatable bonds is 7. The number of nitro groups is 1. The predicted octanol–water partition coefficient (Wildman–Crippen LogP) is 4.35. The van der Waals surface area contributed by atoms with Gasteiger partial charge in [-0.2, -0.15) is 0 Å². The lowest BCUT2D eigenvalue weighted by Crippen LogP contribution is -2.15. The van der Waals surface area contributed by atoms with E-state index >= 15 is 0 Å². The van der Waals surface area contributed by atoms with Crippen molar-refractivity contribution in [2.75, 3.05) is 6.61 Å². The standard InChI is InChI=1S/C20H17ClN2O6/c1-12-8-16(13(2)22(12)10-15-4-3-7-28-15)19(24)11-29-20(25)17-9-14(23(26)27)5-6-18(17)21/h3-9H,10-11H2,1-2H3. The zero-order valence-corrected chi connectivity index (χ0v) is 16.4. The van der Waals surface area contributed by atoms with Gasteiger partial charge < -0.3 is 13.7 Å². The maximum Gasteiger partial charge on any atom is 0.340 e. The summed E-state index contributed by atoms with van der Waals surface area (Å²) in [5.74, 6) is -0.548. The molecule has 0 N–H and O–H groups in total. The molecule has 0 aliphatic rings. The minimum absolute atomic E-state index is 0.00433. The van der Waals surface area contributed by atoms with Crippen LogP contribution in [-0.4, -0.2) is 27.8 Å². The van der Waals surface area contributed by atoms with Crippen molar-refractivity contribution < 1.29 is 23.7 Å². The number of esters is 1. The Balaban J connectivity index is 1.72. The number of nitrogens with zero attached hydrogens (tertiary/aromatic N) is 2. The summed E-state index contributed by atoms with van der Waals surface area (Å²) in [6.45, 7) is 3.62. The van der Waals surface area contributed by atoms with Crippen molar-refractivity contribution in [3.63, 3.8) is 0 Å². The maximum atomic E-state index is 12.6. The zero-order valence-electron chi connectivity index (χ0n) is 15.7. The third-order valence-corrected chi connectivity index (χ3v) is 4.81. The number of aromatic nitrogens is 1. The molecule has 0 saturated carbocycles.